The third kappa shape index (κ3) is 30.7. The third-order valence-electron chi connectivity index (χ3n) is 21.9. The topological polar surface area (TPSA) is 184 Å². The quantitative estimate of drug-likeness (QED) is 0.0292. The predicted molar refractivity (Wildman–Crippen MR) is 486 cm³/mol. The van der Waals surface area contributed by atoms with Crippen LogP contribution in [0.5, 0.6) is 17.2 Å². The van der Waals surface area contributed by atoms with Crippen molar-refractivity contribution in [2.75, 3.05) is 59.1 Å². The largest absolute Gasteiger partial charge is 1.00 e. The van der Waals surface area contributed by atoms with Crippen molar-refractivity contribution in [3.8, 4) is 59.0 Å². The first-order valence-corrected chi connectivity index (χ1v) is 45.6. The number of rotatable bonds is 22. The third-order valence-corrected chi connectivity index (χ3v) is 26.3. The van der Waals surface area contributed by atoms with E-state index in [-0.39, 0.29) is 36.5 Å². The zero-order chi connectivity index (χ0) is 93.2. The fourth-order valence-corrected chi connectivity index (χ4v) is 18.6. The molecule has 1 fully saturated rings. The number of aliphatic carboxylic acids is 1. The van der Waals surface area contributed by atoms with Crippen LogP contribution in [-0.4, -0.2) is 131 Å². The Bertz CT molecular complexity index is 5370. The molecule has 0 amide bonds. The number of esters is 2. The molecule has 698 valence electrons. The number of hydrogen-bond donors (Lipinski definition) is 1. The van der Waals surface area contributed by atoms with Gasteiger partial charge in [0.15, 0.2) is 23.1 Å². The Morgan fingerprint density at radius 3 is 0.916 bits per heavy atom. The number of nitrogens with zero attached hydrogens (tertiary/aromatic N) is 3. The number of thiophene rings is 4. The molecule has 0 spiro atoms. The van der Waals surface area contributed by atoms with Gasteiger partial charge in [0.05, 0.1) is 46.4 Å². The Morgan fingerprint density at radius 2 is 0.679 bits per heavy atom. The second-order valence-corrected chi connectivity index (χ2v) is 37.6. The van der Waals surface area contributed by atoms with Crippen molar-refractivity contribution < 1.29 is 142 Å². The maximum Gasteiger partial charge on any atom is 1.00 e. The van der Waals surface area contributed by atoms with Crippen molar-refractivity contribution in [2.24, 2.45) is 0 Å². The smallest absolute Gasteiger partial charge is 0.870 e. The second kappa shape index (κ2) is 46.6. The Kier molecular flexibility index (Phi) is 37.5. The van der Waals surface area contributed by atoms with Gasteiger partial charge in [0.2, 0.25) is 0 Å². The van der Waals surface area contributed by atoms with Crippen LogP contribution in [0.3, 0.4) is 0 Å². The van der Waals surface area contributed by atoms with Gasteiger partial charge in [-0.3, -0.25) is 19.5 Å². The maximum atomic E-state index is 12.8. The number of carbonyl (C=O) groups is 4. The van der Waals surface area contributed by atoms with Gasteiger partial charge in [-0.05, 0) is 303 Å². The minimum Gasteiger partial charge on any atom is -0.870 e. The molecule has 0 bridgehead atoms. The van der Waals surface area contributed by atoms with Crippen LogP contribution in [-0.2, 0) is 111 Å². The number of benzene rings is 7. The van der Waals surface area contributed by atoms with Crippen LogP contribution < -0.4 is 43.8 Å². The summed E-state index contributed by atoms with van der Waals surface area (Å²) >= 11 is 6.07. The number of carbonyl (C=O) groups excluding carboxylic acids is 3. The van der Waals surface area contributed by atoms with E-state index in [0.29, 0.717) is 47.0 Å². The monoisotopic (exact) mass is 1910 g/mol. The summed E-state index contributed by atoms with van der Waals surface area (Å²) in [6.07, 6.45) is -8.24. The van der Waals surface area contributed by atoms with Crippen LogP contribution in [0.1, 0.15) is 157 Å². The van der Waals surface area contributed by atoms with E-state index in [1.165, 1.54) is 124 Å². The number of aldehydes is 1. The molecule has 2 N–H and O–H groups in total. The summed E-state index contributed by atoms with van der Waals surface area (Å²) in [5, 5.41) is 9.30. The summed E-state index contributed by atoms with van der Waals surface area (Å²) < 4.78 is 186. The standard InChI is InChI=1S/2C28H30F3NO3S.C26H26F3NO3S.C12H7F3OS.C5H10O.Na.H2O.H2/c2*1-4-34-26(33)27(2,3)35-23-10-7-19-13-15-32(16-14-21(19)17-23)18-24-11-12-25(36-24)20-5-8-22(9-6-20)28(29,30)31;1-25(2,24(31)32)33-21-8-5-17-11-13-30(14-12-19(17)15-21)16-22-9-10-23(34-22)18-3-6-20(7-4-18)26(27,28)29;13-12(14,15)9-3-1-8(2-4-9)11-6-5-10(7-16)17-11;1-5-3-2-4-6-5;;;/h2*5-12,17H,4,13-16,18H2,1-3H3;3-10,15H,11-14,16H2,1-2H3,(H,31,32);1-7H;5H,2-4H2,1H3;;1H2;1H/q;;;;;+1;;/p-1. The molecule has 15 rings (SSSR count). The Balaban J connectivity index is 0.000000215. The molecule has 131 heavy (non-hydrogen) atoms. The van der Waals surface area contributed by atoms with E-state index < -0.39 is 81.7 Å². The Hall–Kier alpha value is -9.22. The van der Waals surface area contributed by atoms with Crippen molar-refractivity contribution >= 4 is 69.5 Å². The number of halogens is 12. The van der Waals surface area contributed by atoms with Crippen molar-refractivity contribution in [3.63, 3.8) is 0 Å². The normalized spacial score (nSPS) is 15.0. The second-order valence-electron chi connectivity index (χ2n) is 32.9. The van der Waals surface area contributed by atoms with Gasteiger partial charge in [-0.15, -0.1) is 45.3 Å². The van der Waals surface area contributed by atoms with Crippen molar-refractivity contribution in [1.82, 2.24) is 14.7 Å². The number of fused-ring (bicyclic) bond motifs is 3. The first-order chi connectivity index (χ1) is 61.0. The Morgan fingerprint density at radius 1 is 0.405 bits per heavy atom. The minimum absolute atomic E-state index is 0. The molecule has 1 unspecified atom stereocenters. The summed E-state index contributed by atoms with van der Waals surface area (Å²) in [4.78, 5) is 61.1. The van der Waals surface area contributed by atoms with Crippen LogP contribution in [0.15, 0.2) is 200 Å². The summed E-state index contributed by atoms with van der Waals surface area (Å²) in [6, 6.07) is 54.0. The molecular formula is C99H106F12N3NaO12S4. The predicted octanol–water partition coefficient (Wildman–Crippen LogP) is 22.3. The summed E-state index contributed by atoms with van der Waals surface area (Å²) in [7, 11) is 0. The van der Waals surface area contributed by atoms with Crippen LogP contribution in [0, 0.1) is 0 Å². The number of hydrogen-bond acceptors (Lipinski definition) is 18. The molecule has 7 aromatic carbocycles. The van der Waals surface area contributed by atoms with E-state index in [4.69, 9.17) is 28.4 Å². The molecule has 4 aliphatic rings. The van der Waals surface area contributed by atoms with Gasteiger partial charge in [-0.1, -0.05) is 66.7 Å². The maximum absolute atomic E-state index is 12.8. The van der Waals surface area contributed by atoms with Crippen molar-refractivity contribution in [1.29, 1.82) is 0 Å². The Labute approximate surface area is 794 Å². The van der Waals surface area contributed by atoms with Crippen LogP contribution in [0.2, 0.25) is 0 Å². The summed E-state index contributed by atoms with van der Waals surface area (Å²) in [6.45, 7) is 24.8. The average molecular weight is 1910 g/mol. The van der Waals surface area contributed by atoms with Gasteiger partial charge in [-0.2, -0.15) is 52.7 Å². The summed E-state index contributed by atoms with van der Waals surface area (Å²) in [5.41, 5.74) is 4.41. The van der Waals surface area contributed by atoms with Crippen LogP contribution in [0.4, 0.5) is 52.7 Å². The number of ether oxygens (including phenoxy) is 6. The fraction of sp³-hybridized carbons (Fsp3) is 0.374. The van der Waals surface area contributed by atoms with E-state index in [1.807, 2.05) is 66.7 Å². The molecule has 4 aromatic heterocycles. The number of alkyl halides is 12. The SMILES string of the molecule is CC(C)(Oc1ccc2c(c1)CCN(Cc1ccc(-c3ccc(C(F)(F)F)cc3)s1)CC2)C(=O)O.CC1CCCO1.CCOC(=O)C(C)(C)Oc1ccc2c(c1)CCN(Cc1ccc(-c3ccc(C(F)(F)F)cc3)s1)CC2.CCOC(=O)C(C)(C)Oc1ccc2c(c1)CCN(Cc1ccc(-c3ccc(C(F)(F)F)cc3)s1)CC2.O=Cc1ccc(-c2ccc(C(F)(F)F)cc2)s1.[HH].[Na+].[OH-]. The number of carboxylic acid groups (broad SMARTS) is 1. The van der Waals surface area contributed by atoms with Crippen LogP contribution in [0.25, 0.3) is 41.8 Å². The van der Waals surface area contributed by atoms with Gasteiger partial charge in [-0.25, -0.2) is 14.4 Å². The van der Waals surface area contributed by atoms with Crippen LogP contribution >= 0.6 is 45.3 Å². The summed E-state index contributed by atoms with van der Waals surface area (Å²) in [5.74, 6) is 0.0640. The van der Waals surface area contributed by atoms with E-state index in [9.17, 15) is 77.0 Å². The molecule has 32 heteroatoms. The van der Waals surface area contributed by atoms with Crippen molar-refractivity contribution in [2.45, 2.75) is 181 Å². The molecule has 1 atom stereocenters. The first kappa shape index (κ1) is 105. The van der Waals surface area contributed by atoms with Crippen molar-refractivity contribution in [3.05, 3.63) is 275 Å². The van der Waals surface area contributed by atoms with E-state index >= 15 is 0 Å². The molecule has 0 radical (unpaired) electrons. The molecule has 11 aromatic rings. The van der Waals surface area contributed by atoms with E-state index in [2.05, 4.69) is 45.9 Å². The van der Waals surface area contributed by atoms with E-state index in [0.717, 1.165) is 205 Å². The number of carboxylic acids is 1. The van der Waals surface area contributed by atoms with Gasteiger partial charge in [0, 0.05) is 101 Å². The zero-order valence-corrected chi connectivity index (χ0v) is 79.6. The molecule has 1 saturated heterocycles. The fourth-order valence-electron chi connectivity index (χ4n) is 14.6. The van der Waals surface area contributed by atoms with E-state index in [1.54, 1.807) is 87.7 Å². The molecule has 0 aliphatic carbocycles. The zero-order valence-electron chi connectivity index (χ0n) is 74.3. The first-order valence-electron chi connectivity index (χ1n) is 42.3. The van der Waals surface area contributed by atoms with Gasteiger partial charge < -0.3 is 39.0 Å². The average Bonchev–Trinajstić information content (AvgIpc) is 1.55. The van der Waals surface area contributed by atoms with Gasteiger partial charge in [0.1, 0.15) is 17.2 Å². The molecule has 8 heterocycles. The molecular weight excluding hydrogens is 1800 g/mol. The van der Waals surface area contributed by atoms with Gasteiger partial charge >= 0.3 is 72.2 Å². The molecule has 0 saturated carbocycles. The minimum atomic E-state index is -4.33. The molecule has 4 aliphatic heterocycles. The molecule has 15 nitrogen and oxygen atoms in total. The van der Waals surface area contributed by atoms with Gasteiger partial charge in [0.25, 0.3) is 0 Å².